The molecule has 2 N–H and O–H groups in total. The first-order valence-corrected chi connectivity index (χ1v) is 8.32. The summed E-state index contributed by atoms with van der Waals surface area (Å²) in [4.78, 5) is 18.4. The first kappa shape index (κ1) is 16.6. The summed E-state index contributed by atoms with van der Waals surface area (Å²) in [6.07, 6.45) is 5.63. The van der Waals surface area contributed by atoms with Gasteiger partial charge in [-0.15, -0.1) is 5.10 Å². The third-order valence-electron chi connectivity index (χ3n) is 4.42. The maximum absolute atomic E-state index is 12.6. The summed E-state index contributed by atoms with van der Waals surface area (Å²) in [6, 6.07) is 0.550. The van der Waals surface area contributed by atoms with Gasteiger partial charge in [-0.1, -0.05) is 10.4 Å². The fraction of sp³-hybridized carbons (Fsp3) is 0.667. The lowest BCUT2D eigenvalue weighted by Gasteiger charge is -2.25. The summed E-state index contributed by atoms with van der Waals surface area (Å²) >= 11 is 0. The Bertz CT molecular complexity index is 688. The summed E-state index contributed by atoms with van der Waals surface area (Å²) < 4.78 is 6.74. The van der Waals surface area contributed by atoms with Crippen molar-refractivity contribution in [1.82, 2.24) is 30.0 Å². The number of nitrogens with zero attached hydrogens (tertiary/aromatic N) is 6. The molecule has 9 nitrogen and oxygen atoms in total. The Kier molecular flexibility index (Phi) is 4.89. The van der Waals surface area contributed by atoms with E-state index in [-0.39, 0.29) is 24.5 Å². The zero-order valence-electron chi connectivity index (χ0n) is 14.1. The van der Waals surface area contributed by atoms with Gasteiger partial charge in [-0.2, -0.15) is 4.98 Å². The molecule has 0 unspecified atom stereocenters. The van der Waals surface area contributed by atoms with Gasteiger partial charge in [-0.05, 0) is 32.6 Å². The van der Waals surface area contributed by atoms with Gasteiger partial charge in [-0.3, -0.25) is 4.79 Å². The van der Waals surface area contributed by atoms with Crippen LogP contribution in [0.2, 0.25) is 0 Å². The zero-order chi connectivity index (χ0) is 17.1. The van der Waals surface area contributed by atoms with Crippen molar-refractivity contribution in [1.29, 1.82) is 0 Å². The number of aryl methyl sites for hydroxylation is 1. The predicted molar refractivity (Wildman–Crippen MR) is 85.0 cm³/mol. The van der Waals surface area contributed by atoms with Crippen LogP contribution in [0.25, 0.3) is 0 Å². The predicted octanol–water partition coefficient (Wildman–Crippen LogP) is 1.07. The topological polar surface area (TPSA) is 116 Å². The summed E-state index contributed by atoms with van der Waals surface area (Å²) in [7, 11) is 0. The minimum Gasteiger partial charge on any atom is -0.340 e. The molecule has 0 radical (unpaired) electrons. The molecule has 1 aliphatic rings. The fourth-order valence-electron chi connectivity index (χ4n) is 2.98. The molecule has 0 saturated heterocycles. The number of hydrogen-bond acceptors (Lipinski definition) is 7. The summed E-state index contributed by atoms with van der Waals surface area (Å²) in [5, 5.41) is 12.0. The average molecular weight is 333 g/mol. The highest BCUT2D eigenvalue weighted by molar-refractivity contribution is 5.91. The van der Waals surface area contributed by atoms with E-state index >= 15 is 0 Å². The van der Waals surface area contributed by atoms with Crippen molar-refractivity contribution in [2.75, 3.05) is 6.54 Å². The summed E-state index contributed by atoms with van der Waals surface area (Å²) in [6.45, 7) is 4.43. The molecule has 0 aromatic carbocycles. The Labute approximate surface area is 140 Å². The normalized spacial score (nSPS) is 21.0. The Morgan fingerprint density at radius 1 is 1.42 bits per heavy atom. The Balaban J connectivity index is 1.67. The van der Waals surface area contributed by atoms with Crippen molar-refractivity contribution < 1.29 is 9.32 Å². The van der Waals surface area contributed by atoms with E-state index in [1.165, 1.54) is 0 Å². The molecule has 0 aliphatic heterocycles. The van der Waals surface area contributed by atoms with Gasteiger partial charge < -0.3 is 15.2 Å². The molecule has 0 bridgehead atoms. The first-order valence-electron chi connectivity index (χ1n) is 8.32. The molecular weight excluding hydrogens is 310 g/mol. The minimum atomic E-state index is -0.182. The van der Waals surface area contributed by atoms with Crippen molar-refractivity contribution in [3.8, 4) is 0 Å². The largest absolute Gasteiger partial charge is 0.340 e. The van der Waals surface area contributed by atoms with Gasteiger partial charge in [0.25, 0.3) is 5.91 Å². The van der Waals surface area contributed by atoms with E-state index in [2.05, 4.69) is 20.5 Å². The van der Waals surface area contributed by atoms with Crippen molar-refractivity contribution in [3.63, 3.8) is 0 Å². The molecule has 0 spiro atoms. The van der Waals surface area contributed by atoms with Crippen LogP contribution in [0.5, 0.6) is 0 Å². The molecule has 3 rings (SSSR count). The lowest BCUT2D eigenvalue weighted by molar-refractivity contribution is 0.0741. The van der Waals surface area contributed by atoms with Crippen LogP contribution in [0.1, 0.15) is 60.9 Å². The number of hydrogen-bond donors (Lipinski definition) is 1. The number of carbonyl (C=O) groups excluding carboxylic acids is 1. The van der Waals surface area contributed by atoms with Crippen LogP contribution in [0.15, 0.2) is 10.7 Å². The second kappa shape index (κ2) is 7.08. The maximum atomic E-state index is 12.6. The van der Waals surface area contributed by atoms with E-state index in [9.17, 15) is 4.79 Å². The number of carbonyl (C=O) groups is 1. The number of nitrogens with two attached hydrogens (primary N) is 1. The lowest BCUT2D eigenvalue weighted by atomic mass is 9.92. The van der Waals surface area contributed by atoms with Crippen LogP contribution >= 0.6 is 0 Å². The molecule has 1 amide bonds. The van der Waals surface area contributed by atoms with Crippen LogP contribution in [0.4, 0.5) is 0 Å². The Morgan fingerprint density at radius 3 is 2.79 bits per heavy atom. The van der Waals surface area contributed by atoms with Gasteiger partial charge in [0.2, 0.25) is 5.89 Å². The Hall–Kier alpha value is -2.29. The molecule has 2 aromatic rings. The van der Waals surface area contributed by atoms with Crippen molar-refractivity contribution in [3.05, 3.63) is 23.6 Å². The minimum absolute atomic E-state index is 0.182. The molecule has 1 saturated carbocycles. The monoisotopic (exact) mass is 333 g/mol. The molecular formula is C15H23N7O2. The van der Waals surface area contributed by atoms with Gasteiger partial charge in [0.15, 0.2) is 11.5 Å². The van der Waals surface area contributed by atoms with E-state index in [4.69, 9.17) is 10.3 Å². The fourth-order valence-corrected chi connectivity index (χ4v) is 2.98. The standard InChI is InChI=1S/C15H23N7O2/c1-3-21(9-14-17-10(2)24-19-14)15(23)13-8-22(20-18-13)12-6-4-11(16)5-7-12/h8,11-12H,3-7,9,16H2,1-2H3. The highest BCUT2D eigenvalue weighted by Crippen LogP contribution is 2.26. The van der Waals surface area contributed by atoms with Gasteiger partial charge in [0.05, 0.1) is 18.8 Å². The van der Waals surface area contributed by atoms with Gasteiger partial charge in [0.1, 0.15) is 0 Å². The van der Waals surface area contributed by atoms with E-state index < -0.39 is 0 Å². The SMILES string of the molecule is CCN(Cc1noc(C)n1)C(=O)c1cn(C2CCC(N)CC2)nn1. The van der Waals surface area contributed by atoms with Crippen LogP contribution in [0, 0.1) is 6.92 Å². The quantitative estimate of drug-likeness (QED) is 0.870. The number of rotatable bonds is 5. The van der Waals surface area contributed by atoms with Crippen LogP contribution in [-0.4, -0.2) is 48.5 Å². The van der Waals surface area contributed by atoms with Gasteiger partial charge in [0, 0.05) is 19.5 Å². The van der Waals surface area contributed by atoms with Gasteiger partial charge >= 0.3 is 0 Å². The summed E-state index contributed by atoms with van der Waals surface area (Å²) in [5.41, 5.74) is 6.28. The van der Waals surface area contributed by atoms with Crippen LogP contribution < -0.4 is 5.73 Å². The molecule has 2 aromatic heterocycles. The van der Waals surface area contributed by atoms with Crippen molar-refractivity contribution in [2.24, 2.45) is 5.73 Å². The molecule has 24 heavy (non-hydrogen) atoms. The smallest absolute Gasteiger partial charge is 0.276 e. The molecule has 0 atom stereocenters. The van der Waals surface area contributed by atoms with Gasteiger partial charge in [-0.25, -0.2) is 4.68 Å². The van der Waals surface area contributed by atoms with E-state index in [1.807, 2.05) is 6.92 Å². The lowest BCUT2D eigenvalue weighted by Crippen LogP contribution is -2.31. The highest BCUT2D eigenvalue weighted by atomic mass is 16.5. The summed E-state index contributed by atoms with van der Waals surface area (Å²) in [5.74, 6) is 0.782. The molecule has 9 heteroatoms. The average Bonchev–Trinajstić information content (AvgIpc) is 3.22. The third-order valence-corrected chi connectivity index (χ3v) is 4.42. The van der Waals surface area contributed by atoms with E-state index in [1.54, 1.807) is 22.7 Å². The van der Waals surface area contributed by atoms with Crippen LogP contribution in [-0.2, 0) is 6.54 Å². The number of amides is 1. The highest BCUT2D eigenvalue weighted by Gasteiger charge is 2.24. The molecule has 1 fully saturated rings. The second-order valence-corrected chi connectivity index (χ2v) is 6.20. The van der Waals surface area contributed by atoms with E-state index in [0.29, 0.717) is 24.0 Å². The maximum Gasteiger partial charge on any atom is 0.276 e. The Morgan fingerprint density at radius 2 is 2.17 bits per heavy atom. The van der Waals surface area contributed by atoms with Crippen molar-refractivity contribution >= 4 is 5.91 Å². The zero-order valence-corrected chi connectivity index (χ0v) is 14.1. The van der Waals surface area contributed by atoms with E-state index in [0.717, 1.165) is 25.7 Å². The van der Waals surface area contributed by atoms with Crippen LogP contribution in [0.3, 0.4) is 0 Å². The number of aromatic nitrogens is 5. The second-order valence-electron chi connectivity index (χ2n) is 6.20. The first-order chi connectivity index (χ1) is 11.6. The third kappa shape index (κ3) is 3.61. The van der Waals surface area contributed by atoms with Crippen molar-refractivity contribution in [2.45, 2.75) is 58.2 Å². The molecule has 1 aliphatic carbocycles. The molecule has 130 valence electrons. The molecule has 2 heterocycles.